The highest BCUT2D eigenvalue weighted by atomic mass is 16.3. The molecule has 0 saturated carbocycles. The Morgan fingerprint density at radius 3 is 1.68 bits per heavy atom. The number of hydrogen-bond donors (Lipinski definition) is 0. The molecule has 0 saturated heterocycles. The topological polar surface area (TPSA) is 56.7 Å². The number of nitrogens with zero attached hydrogens (tertiary/aromatic N) is 4. The van der Waals surface area contributed by atoms with E-state index in [1.54, 1.807) is 0 Å². The minimum Gasteiger partial charge on any atom is -0.455 e. The van der Waals surface area contributed by atoms with E-state index in [1.165, 1.54) is 32.3 Å². The van der Waals surface area contributed by atoms with Gasteiger partial charge in [-0.15, -0.1) is 0 Å². The molecule has 260 valence electrons. The van der Waals surface area contributed by atoms with Crippen molar-refractivity contribution in [3.63, 3.8) is 0 Å². The fraction of sp³-hybridized carbons (Fsp3) is 0. The summed E-state index contributed by atoms with van der Waals surface area (Å²) in [6.07, 6.45) is 0. The summed E-state index contributed by atoms with van der Waals surface area (Å²) in [5.74, 6) is 1.84. The quantitative estimate of drug-likeness (QED) is 0.170. The molecule has 0 N–H and O–H groups in total. The van der Waals surface area contributed by atoms with Crippen LogP contribution in [0, 0.1) is 0 Å². The maximum atomic E-state index is 6.60. The molecular weight excluding hydrogens is 685 g/mol. The van der Waals surface area contributed by atoms with E-state index < -0.39 is 0 Å². The molecule has 3 aromatic heterocycles. The molecule has 9 aromatic carbocycles. The minimum atomic E-state index is 0.601. The summed E-state index contributed by atoms with van der Waals surface area (Å²) < 4.78 is 8.93. The molecule has 5 nitrogen and oxygen atoms in total. The number of hydrogen-bond acceptors (Lipinski definition) is 4. The van der Waals surface area contributed by atoms with Crippen LogP contribution < -0.4 is 0 Å². The first kappa shape index (κ1) is 30.8. The van der Waals surface area contributed by atoms with Crippen LogP contribution in [-0.2, 0) is 0 Å². The van der Waals surface area contributed by atoms with Gasteiger partial charge in [-0.3, -0.25) is 0 Å². The van der Waals surface area contributed by atoms with Crippen molar-refractivity contribution in [1.82, 2.24) is 19.5 Å². The number of aromatic nitrogens is 4. The average molecular weight is 715 g/mol. The fourth-order valence-corrected chi connectivity index (χ4v) is 8.74. The van der Waals surface area contributed by atoms with E-state index in [0.717, 1.165) is 66.1 Å². The van der Waals surface area contributed by atoms with Crippen LogP contribution in [0.2, 0.25) is 0 Å². The molecular formula is C51H30N4O. The average Bonchev–Trinajstić information content (AvgIpc) is 3.82. The Balaban J connectivity index is 1.12. The summed E-state index contributed by atoms with van der Waals surface area (Å²) in [6, 6.07) is 63.7. The second-order valence-electron chi connectivity index (χ2n) is 14.3. The molecule has 0 fully saturated rings. The normalized spacial score (nSPS) is 11.9. The molecule has 0 aliphatic carbocycles. The molecule has 5 heteroatoms. The van der Waals surface area contributed by atoms with Gasteiger partial charge in [0.2, 0.25) is 0 Å². The van der Waals surface area contributed by atoms with E-state index in [-0.39, 0.29) is 0 Å². The van der Waals surface area contributed by atoms with Crippen LogP contribution >= 0.6 is 0 Å². The van der Waals surface area contributed by atoms with Gasteiger partial charge in [-0.2, -0.15) is 0 Å². The smallest absolute Gasteiger partial charge is 0.166 e. The van der Waals surface area contributed by atoms with Crippen molar-refractivity contribution in [2.24, 2.45) is 0 Å². The van der Waals surface area contributed by atoms with Crippen molar-refractivity contribution >= 4 is 76.1 Å². The third-order valence-corrected chi connectivity index (χ3v) is 11.2. The lowest BCUT2D eigenvalue weighted by molar-refractivity contribution is 0.673. The van der Waals surface area contributed by atoms with Gasteiger partial charge in [0.05, 0.1) is 22.1 Å². The highest BCUT2D eigenvalue weighted by Crippen LogP contribution is 2.42. The molecule has 0 bridgehead atoms. The summed E-state index contributed by atoms with van der Waals surface area (Å²) in [7, 11) is 0. The lowest BCUT2D eigenvalue weighted by Gasteiger charge is -2.15. The molecule has 56 heavy (non-hydrogen) atoms. The van der Waals surface area contributed by atoms with E-state index in [0.29, 0.717) is 17.5 Å². The van der Waals surface area contributed by atoms with Crippen molar-refractivity contribution in [3.05, 3.63) is 182 Å². The molecule has 12 rings (SSSR count). The lowest BCUT2D eigenvalue weighted by atomic mass is 9.93. The molecule has 0 aliphatic heterocycles. The Hall–Kier alpha value is -7.63. The second kappa shape index (κ2) is 11.9. The Bertz CT molecular complexity index is 3510. The van der Waals surface area contributed by atoms with Crippen LogP contribution in [0.5, 0.6) is 0 Å². The van der Waals surface area contributed by atoms with Gasteiger partial charge in [0.1, 0.15) is 11.2 Å². The van der Waals surface area contributed by atoms with Crippen molar-refractivity contribution in [2.45, 2.75) is 0 Å². The summed E-state index contributed by atoms with van der Waals surface area (Å²) in [6.45, 7) is 0. The monoisotopic (exact) mass is 714 g/mol. The summed E-state index contributed by atoms with van der Waals surface area (Å²) in [5, 5.41) is 11.7. The van der Waals surface area contributed by atoms with Gasteiger partial charge in [0.15, 0.2) is 17.5 Å². The third kappa shape index (κ3) is 4.52. The number of fused-ring (bicyclic) bond motifs is 13. The van der Waals surface area contributed by atoms with Crippen LogP contribution in [0.3, 0.4) is 0 Å². The van der Waals surface area contributed by atoms with Gasteiger partial charge < -0.3 is 8.98 Å². The summed E-state index contributed by atoms with van der Waals surface area (Å²) >= 11 is 0. The summed E-state index contributed by atoms with van der Waals surface area (Å²) in [4.78, 5) is 15.7. The van der Waals surface area contributed by atoms with Crippen molar-refractivity contribution in [1.29, 1.82) is 0 Å². The largest absolute Gasteiger partial charge is 0.455 e. The molecule has 0 unspecified atom stereocenters. The Morgan fingerprint density at radius 1 is 0.357 bits per heavy atom. The van der Waals surface area contributed by atoms with Crippen molar-refractivity contribution < 1.29 is 4.42 Å². The van der Waals surface area contributed by atoms with Gasteiger partial charge in [-0.25, -0.2) is 15.0 Å². The first-order valence-electron chi connectivity index (χ1n) is 18.9. The lowest BCUT2D eigenvalue weighted by Crippen LogP contribution is -2.03. The van der Waals surface area contributed by atoms with Crippen LogP contribution in [0.15, 0.2) is 186 Å². The van der Waals surface area contributed by atoms with Crippen LogP contribution in [0.1, 0.15) is 0 Å². The Kier molecular flexibility index (Phi) is 6.56. The molecule has 0 atom stereocenters. The molecule has 0 amide bonds. The van der Waals surface area contributed by atoms with Crippen LogP contribution in [-0.4, -0.2) is 19.5 Å². The molecule has 12 aromatic rings. The Morgan fingerprint density at radius 2 is 0.911 bits per heavy atom. The van der Waals surface area contributed by atoms with Gasteiger partial charge in [0.25, 0.3) is 0 Å². The molecule has 0 spiro atoms. The first-order chi connectivity index (χ1) is 27.8. The van der Waals surface area contributed by atoms with Crippen molar-refractivity contribution in [2.75, 3.05) is 0 Å². The number of rotatable bonds is 4. The van der Waals surface area contributed by atoms with Crippen LogP contribution in [0.25, 0.3) is 116 Å². The van der Waals surface area contributed by atoms with E-state index in [1.807, 2.05) is 30.3 Å². The fourth-order valence-electron chi connectivity index (χ4n) is 8.74. The van der Waals surface area contributed by atoms with E-state index >= 15 is 0 Å². The highest BCUT2D eigenvalue weighted by Gasteiger charge is 2.22. The second-order valence-corrected chi connectivity index (χ2v) is 14.3. The Labute approximate surface area is 320 Å². The van der Waals surface area contributed by atoms with E-state index in [9.17, 15) is 0 Å². The van der Waals surface area contributed by atoms with E-state index in [4.69, 9.17) is 19.4 Å². The maximum Gasteiger partial charge on any atom is 0.166 e. The zero-order chi connectivity index (χ0) is 36.7. The minimum absolute atomic E-state index is 0.601. The first-order valence-corrected chi connectivity index (χ1v) is 18.9. The molecule has 3 heterocycles. The van der Waals surface area contributed by atoms with E-state index in [2.05, 4.69) is 156 Å². The number of benzene rings is 9. The van der Waals surface area contributed by atoms with Gasteiger partial charge in [-0.1, -0.05) is 140 Å². The summed E-state index contributed by atoms with van der Waals surface area (Å²) in [5.41, 5.74) is 7.64. The molecule has 0 radical (unpaired) electrons. The zero-order valence-corrected chi connectivity index (χ0v) is 30.0. The standard InChI is InChI=1S/C51H30N4O/c1-2-14-31(15-3-1)49-52-50(32-26-27-37-35-18-5-4-16-33(35)34-17-6-7-19-36(34)42(37)30-32)54-51(53-49)41-22-9-12-24-44(41)55-43-23-11-8-21-40(43)47-45(55)29-28-39-38-20-10-13-25-46(38)56-48(39)47/h1-30H. The van der Waals surface area contributed by atoms with Gasteiger partial charge in [0, 0.05) is 32.8 Å². The predicted molar refractivity (Wildman–Crippen MR) is 230 cm³/mol. The maximum absolute atomic E-state index is 6.60. The van der Waals surface area contributed by atoms with Crippen molar-refractivity contribution in [3.8, 4) is 39.9 Å². The van der Waals surface area contributed by atoms with Crippen LogP contribution in [0.4, 0.5) is 0 Å². The van der Waals surface area contributed by atoms with Gasteiger partial charge >= 0.3 is 0 Å². The van der Waals surface area contributed by atoms with Gasteiger partial charge in [-0.05, 0) is 74.8 Å². The number of furan rings is 1. The third-order valence-electron chi connectivity index (χ3n) is 11.2. The molecule has 0 aliphatic rings. The highest BCUT2D eigenvalue weighted by molar-refractivity contribution is 6.26. The number of para-hydroxylation sites is 3. The SMILES string of the molecule is c1ccc(-c2nc(-c3ccc4c5ccccc5c5ccccc5c4c3)nc(-c3ccccc3-n3c4ccccc4c4c5oc6ccccc6c5ccc43)n2)cc1. The predicted octanol–water partition coefficient (Wildman–Crippen LogP) is 13.3. The zero-order valence-electron chi connectivity index (χ0n) is 30.0.